The number of hydrogen-bond acceptors (Lipinski definition) is 2. The van der Waals surface area contributed by atoms with E-state index < -0.39 is 0 Å². The zero-order valence-corrected chi connectivity index (χ0v) is 13.8. The molecule has 108 valence electrons. The summed E-state index contributed by atoms with van der Waals surface area (Å²) in [5.74, 6) is 0.879. The molecule has 0 radical (unpaired) electrons. The van der Waals surface area contributed by atoms with Crippen molar-refractivity contribution in [3.63, 3.8) is 0 Å². The highest BCUT2D eigenvalue weighted by Gasteiger charge is 2.03. The Bertz CT molecular complexity index is 519. The number of hydrogen-bond donors (Lipinski definition) is 1. The van der Waals surface area contributed by atoms with Gasteiger partial charge in [0, 0.05) is 6.54 Å². The zero-order valence-electron chi connectivity index (χ0n) is 11.4. The van der Waals surface area contributed by atoms with E-state index in [1.54, 1.807) is 0 Å². The molecule has 0 saturated heterocycles. The second-order valence-electron chi connectivity index (χ2n) is 4.32. The van der Waals surface area contributed by atoms with Crippen LogP contribution in [0.4, 0.5) is 0 Å². The molecule has 2 aromatic rings. The minimum absolute atomic E-state index is 0. The Balaban J connectivity index is 0.00000200. The summed E-state index contributed by atoms with van der Waals surface area (Å²) in [7, 11) is 0. The maximum absolute atomic E-state index is 5.82. The fourth-order valence-electron chi connectivity index (χ4n) is 1.78. The standard InChI is InChI=1S/C16H18BrNO.ClH/c1-2-18-11-14-8-9-16(15(17)10-14)19-12-13-6-4-3-5-7-13;/h3-10,18H,2,11-12H2,1H3;1H. The van der Waals surface area contributed by atoms with E-state index in [-0.39, 0.29) is 12.4 Å². The molecule has 0 saturated carbocycles. The molecule has 2 aromatic carbocycles. The monoisotopic (exact) mass is 355 g/mol. The van der Waals surface area contributed by atoms with E-state index in [1.807, 2.05) is 24.3 Å². The van der Waals surface area contributed by atoms with Crippen molar-refractivity contribution in [1.29, 1.82) is 0 Å². The van der Waals surface area contributed by atoms with Gasteiger partial charge in [-0.25, -0.2) is 0 Å². The van der Waals surface area contributed by atoms with E-state index in [2.05, 4.69) is 52.4 Å². The summed E-state index contributed by atoms with van der Waals surface area (Å²) >= 11 is 3.56. The summed E-state index contributed by atoms with van der Waals surface area (Å²) in [5, 5.41) is 3.31. The molecule has 0 aliphatic carbocycles. The fraction of sp³-hybridized carbons (Fsp3) is 0.250. The number of rotatable bonds is 6. The summed E-state index contributed by atoms with van der Waals surface area (Å²) in [4.78, 5) is 0. The lowest BCUT2D eigenvalue weighted by atomic mass is 10.2. The minimum atomic E-state index is 0. The van der Waals surface area contributed by atoms with E-state index in [4.69, 9.17) is 4.74 Å². The van der Waals surface area contributed by atoms with Gasteiger partial charge in [-0.3, -0.25) is 0 Å². The van der Waals surface area contributed by atoms with Crippen LogP contribution < -0.4 is 10.1 Å². The lowest BCUT2D eigenvalue weighted by Crippen LogP contribution is -2.11. The van der Waals surface area contributed by atoms with E-state index in [0.29, 0.717) is 6.61 Å². The van der Waals surface area contributed by atoms with E-state index in [0.717, 1.165) is 23.3 Å². The van der Waals surface area contributed by atoms with Crippen LogP contribution in [-0.2, 0) is 13.2 Å². The van der Waals surface area contributed by atoms with Gasteiger partial charge in [-0.1, -0.05) is 43.3 Å². The first kappa shape index (κ1) is 17.0. The Hall–Kier alpha value is -1.03. The third-order valence-corrected chi connectivity index (χ3v) is 3.43. The Labute approximate surface area is 135 Å². The van der Waals surface area contributed by atoms with Crippen LogP contribution in [0.1, 0.15) is 18.1 Å². The van der Waals surface area contributed by atoms with Gasteiger partial charge in [0.15, 0.2) is 0 Å². The summed E-state index contributed by atoms with van der Waals surface area (Å²) in [6.07, 6.45) is 0. The average Bonchev–Trinajstić information content (AvgIpc) is 2.45. The zero-order chi connectivity index (χ0) is 13.5. The van der Waals surface area contributed by atoms with Crippen LogP contribution in [0.5, 0.6) is 5.75 Å². The normalized spacial score (nSPS) is 9.90. The molecule has 1 N–H and O–H groups in total. The number of nitrogens with one attached hydrogen (secondary N) is 1. The topological polar surface area (TPSA) is 21.3 Å². The van der Waals surface area contributed by atoms with Gasteiger partial charge < -0.3 is 10.1 Å². The molecule has 0 aliphatic rings. The molecule has 4 heteroatoms. The van der Waals surface area contributed by atoms with Crippen molar-refractivity contribution in [3.8, 4) is 5.75 Å². The molecule has 0 unspecified atom stereocenters. The third-order valence-electron chi connectivity index (χ3n) is 2.81. The van der Waals surface area contributed by atoms with Crippen molar-refractivity contribution in [2.45, 2.75) is 20.1 Å². The molecule has 0 fully saturated rings. The first-order valence-corrected chi connectivity index (χ1v) is 7.24. The molecular formula is C16H19BrClNO. The molecule has 2 nitrogen and oxygen atoms in total. The van der Waals surface area contributed by atoms with E-state index >= 15 is 0 Å². The van der Waals surface area contributed by atoms with Crippen LogP contribution in [0.25, 0.3) is 0 Å². The van der Waals surface area contributed by atoms with Crippen LogP contribution in [-0.4, -0.2) is 6.54 Å². The molecule has 0 spiro atoms. The minimum Gasteiger partial charge on any atom is -0.488 e. The Kier molecular flexibility index (Phi) is 7.67. The molecule has 0 bridgehead atoms. The predicted molar refractivity (Wildman–Crippen MR) is 89.5 cm³/mol. The number of benzene rings is 2. The Morgan fingerprint density at radius 2 is 1.80 bits per heavy atom. The van der Waals surface area contributed by atoms with Gasteiger partial charge in [0.25, 0.3) is 0 Å². The highest BCUT2D eigenvalue weighted by Crippen LogP contribution is 2.26. The molecule has 0 amide bonds. The molecule has 0 heterocycles. The van der Waals surface area contributed by atoms with Crippen molar-refractivity contribution in [2.24, 2.45) is 0 Å². The fourth-order valence-corrected chi connectivity index (χ4v) is 2.32. The van der Waals surface area contributed by atoms with Gasteiger partial charge in [-0.15, -0.1) is 12.4 Å². The third kappa shape index (κ3) is 5.16. The maximum Gasteiger partial charge on any atom is 0.134 e. The van der Waals surface area contributed by atoms with Crippen LogP contribution in [0.15, 0.2) is 53.0 Å². The smallest absolute Gasteiger partial charge is 0.134 e. The van der Waals surface area contributed by atoms with Crippen LogP contribution in [0.2, 0.25) is 0 Å². The second kappa shape index (κ2) is 9.01. The summed E-state index contributed by atoms with van der Waals surface area (Å²) in [6, 6.07) is 16.4. The molecule has 2 rings (SSSR count). The van der Waals surface area contributed by atoms with Gasteiger partial charge >= 0.3 is 0 Å². The molecule has 20 heavy (non-hydrogen) atoms. The van der Waals surface area contributed by atoms with Gasteiger partial charge in [0.1, 0.15) is 12.4 Å². The van der Waals surface area contributed by atoms with Gasteiger partial charge in [-0.2, -0.15) is 0 Å². The number of ether oxygens (including phenoxy) is 1. The van der Waals surface area contributed by atoms with Crippen molar-refractivity contribution in [2.75, 3.05) is 6.54 Å². The molecular weight excluding hydrogens is 338 g/mol. The Morgan fingerprint density at radius 1 is 1.05 bits per heavy atom. The Morgan fingerprint density at radius 3 is 2.45 bits per heavy atom. The van der Waals surface area contributed by atoms with E-state index in [1.165, 1.54) is 11.1 Å². The summed E-state index contributed by atoms with van der Waals surface area (Å²) < 4.78 is 6.81. The first-order chi connectivity index (χ1) is 9.29. The lowest BCUT2D eigenvalue weighted by molar-refractivity contribution is 0.304. The van der Waals surface area contributed by atoms with Crippen molar-refractivity contribution >= 4 is 28.3 Å². The second-order valence-corrected chi connectivity index (χ2v) is 5.17. The molecule has 0 atom stereocenters. The van der Waals surface area contributed by atoms with Crippen LogP contribution >= 0.6 is 28.3 Å². The van der Waals surface area contributed by atoms with Crippen LogP contribution in [0.3, 0.4) is 0 Å². The largest absolute Gasteiger partial charge is 0.488 e. The van der Waals surface area contributed by atoms with Crippen molar-refractivity contribution in [3.05, 3.63) is 64.1 Å². The van der Waals surface area contributed by atoms with E-state index in [9.17, 15) is 0 Å². The molecule has 0 aromatic heterocycles. The lowest BCUT2D eigenvalue weighted by Gasteiger charge is -2.10. The molecule has 0 aliphatic heterocycles. The van der Waals surface area contributed by atoms with Gasteiger partial charge in [-0.05, 0) is 45.7 Å². The summed E-state index contributed by atoms with van der Waals surface area (Å²) in [6.45, 7) is 4.55. The maximum atomic E-state index is 5.82. The highest BCUT2D eigenvalue weighted by molar-refractivity contribution is 9.10. The first-order valence-electron chi connectivity index (χ1n) is 6.45. The SMILES string of the molecule is CCNCc1ccc(OCc2ccccc2)c(Br)c1.Cl. The van der Waals surface area contributed by atoms with Gasteiger partial charge in [0.05, 0.1) is 4.47 Å². The van der Waals surface area contributed by atoms with Crippen molar-refractivity contribution in [1.82, 2.24) is 5.32 Å². The van der Waals surface area contributed by atoms with Crippen LogP contribution in [0, 0.1) is 0 Å². The van der Waals surface area contributed by atoms with Gasteiger partial charge in [0.2, 0.25) is 0 Å². The summed E-state index contributed by atoms with van der Waals surface area (Å²) in [5.41, 5.74) is 2.42. The number of halogens is 2. The quantitative estimate of drug-likeness (QED) is 0.819. The van der Waals surface area contributed by atoms with Crippen molar-refractivity contribution < 1.29 is 4.74 Å². The predicted octanol–water partition coefficient (Wildman–Crippen LogP) is 4.56. The average molecular weight is 357 g/mol. The highest BCUT2D eigenvalue weighted by atomic mass is 79.9.